The number of hydrogen-bond donors (Lipinski definition) is 1. The van der Waals surface area contributed by atoms with Crippen LogP contribution < -0.4 is 5.32 Å². The Kier molecular flexibility index (Phi) is 5.18. The molecule has 0 saturated carbocycles. The lowest BCUT2D eigenvalue weighted by atomic mass is 10.2. The highest BCUT2D eigenvalue weighted by Gasteiger charge is 2.15. The molecule has 0 radical (unpaired) electrons. The van der Waals surface area contributed by atoms with Gasteiger partial charge in [-0.25, -0.2) is 0 Å². The molecule has 100 valence electrons. The predicted octanol–water partition coefficient (Wildman–Crippen LogP) is 2.99. The summed E-state index contributed by atoms with van der Waals surface area (Å²) in [7, 11) is 0. The molecule has 1 aromatic heterocycles. The van der Waals surface area contributed by atoms with Crippen molar-refractivity contribution in [2.75, 3.05) is 0 Å². The summed E-state index contributed by atoms with van der Waals surface area (Å²) in [4.78, 5) is 11.9. The molecule has 1 N–H and O–H groups in total. The molecule has 1 aromatic carbocycles. The Bertz CT molecular complexity index is 548. The number of amides is 1. The Hall–Kier alpha value is -1.11. The predicted molar refractivity (Wildman–Crippen MR) is 78.5 cm³/mol. The zero-order valence-corrected chi connectivity index (χ0v) is 12.6. The van der Waals surface area contributed by atoms with Crippen LogP contribution in [-0.2, 0) is 11.3 Å². The number of hydrogen-bond acceptors (Lipinski definition) is 5. The van der Waals surface area contributed by atoms with E-state index in [1.54, 1.807) is 5.51 Å². The second-order valence-corrected chi connectivity index (χ2v) is 6.60. The molecule has 1 amide bonds. The lowest BCUT2D eigenvalue weighted by Crippen LogP contribution is -2.30. The van der Waals surface area contributed by atoms with Gasteiger partial charge in [0.05, 0.1) is 5.25 Å². The van der Waals surface area contributed by atoms with E-state index in [9.17, 15) is 4.79 Å². The molecule has 4 nitrogen and oxygen atoms in total. The Morgan fingerprint density at radius 2 is 2.32 bits per heavy atom. The highest BCUT2D eigenvalue weighted by Crippen LogP contribution is 2.24. The van der Waals surface area contributed by atoms with Gasteiger partial charge in [0.25, 0.3) is 0 Å². The van der Waals surface area contributed by atoms with Crippen molar-refractivity contribution < 1.29 is 4.79 Å². The summed E-state index contributed by atoms with van der Waals surface area (Å²) in [6, 6.07) is 7.46. The number of carbonyl (C=O) groups excluding carboxylic acids is 1. The van der Waals surface area contributed by atoms with Gasteiger partial charge < -0.3 is 5.32 Å². The maximum Gasteiger partial charge on any atom is 0.233 e. The van der Waals surface area contributed by atoms with Gasteiger partial charge in [-0.1, -0.05) is 52.9 Å². The van der Waals surface area contributed by atoms with Crippen molar-refractivity contribution in [2.45, 2.75) is 23.1 Å². The van der Waals surface area contributed by atoms with Gasteiger partial charge >= 0.3 is 0 Å². The largest absolute Gasteiger partial charge is 0.351 e. The molecule has 2 aromatic rings. The van der Waals surface area contributed by atoms with Crippen molar-refractivity contribution in [3.8, 4) is 0 Å². The summed E-state index contributed by atoms with van der Waals surface area (Å²) in [5.74, 6) is -0.0416. The van der Waals surface area contributed by atoms with E-state index in [4.69, 9.17) is 11.6 Å². The van der Waals surface area contributed by atoms with E-state index in [2.05, 4.69) is 15.5 Å². The molecule has 0 saturated heterocycles. The monoisotopic (exact) mass is 313 g/mol. The molecule has 0 bridgehead atoms. The highest BCUT2D eigenvalue weighted by molar-refractivity contribution is 8.02. The first-order valence-electron chi connectivity index (χ1n) is 5.61. The van der Waals surface area contributed by atoms with Crippen LogP contribution in [0.5, 0.6) is 0 Å². The van der Waals surface area contributed by atoms with Crippen LogP contribution in [0.15, 0.2) is 34.1 Å². The minimum absolute atomic E-state index is 0.0416. The number of rotatable bonds is 5. The van der Waals surface area contributed by atoms with Crippen LogP contribution in [0.1, 0.15) is 12.5 Å². The second-order valence-electron chi connectivity index (χ2n) is 3.77. The van der Waals surface area contributed by atoms with Crippen molar-refractivity contribution in [2.24, 2.45) is 0 Å². The van der Waals surface area contributed by atoms with Crippen molar-refractivity contribution >= 4 is 40.6 Å². The topological polar surface area (TPSA) is 54.9 Å². The van der Waals surface area contributed by atoms with Crippen LogP contribution in [0, 0.1) is 0 Å². The number of halogens is 1. The summed E-state index contributed by atoms with van der Waals surface area (Å²) in [6.45, 7) is 2.27. The molecule has 0 unspecified atom stereocenters. The Labute approximate surface area is 124 Å². The van der Waals surface area contributed by atoms with E-state index in [1.807, 2.05) is 31.2 Å². The van der Waals surface area contributed by atoms with E-state index in [0.29, 0.717) is 11.6 Å². The fourth-order valence-electron chi connectivity index (χ4n) is 1.39. The minimum Gasteiger partial charge on any atom is -0.351 e. The Balaban J connectivity index is 1.86. The second kappa shape index (κ2) is 6.88. The summed E-state index contributed by atoms with van der Waals surface area (Å²) in [6.07, 6.45) is 0. The Morgan fingerprint density at radius 3 is 3.00 bits per heavy atom. The SMILES string of the molecule is C[C@@H](Sc1nncs1)C(=O)NCc1ccccc1Cl. The van der Waals surface area contributed by atoms with Gasteiger partial charge in [-0.2, -0.15) is 0 Å². The van der Waals surface area contributed by atoms with Crippen molar-refractivity contribution in [3.05, 3.63) is 40.4 Å². The first kappa shape index (κ1) is 14.3. The van der Waals surface area contributed by atoms with Crippen LogP contribution in [0.2, 0.25) is 5.02 Å². The number of nitrogens with zero attached hydrogens (tertiary/aromatic N) is 2. The van der Waals surface area contributed by atoms with E-state index in [-0.39, 0.29) is 11.2 Å². The Morgan fingerprint density at radius 1 is 1.53 bits per heavy atom. The number of carbonyl (C=O) groups is 1. The maximum atomic E-state index is 11.9. The van der Waals surface area contributed by atoms with Gasteiger partial charge in [-0.3, -0.25) is 4.79 Å². The molecular weight excluding hydrogens is 302 g/mol. The summed E-state index contributed by atoms with van der Waals surface area (Å²) >= 11 is 8.85. The minimum atomic E-state index is -0.213. The molecular formula is C12H12ClN3OS2. The zero-order valence-electron chi connectivity index (χ0n) is 10.2. The molecule has 1 heterocycles. The first-order chi connectivity index (χ1) is 9.16. The highest BCUT2D eigenvalue weighted by atomic mass is 35.5. The third kappa shape index (κ3) is 4.19. The molecule has 1 atom stereocenters. The lowest BCUT2D eigenvalue weighted by molar-refractivity contribution is -0.120. The van der Waals surface area contributed by atoms with Gasteiger partial charge in [0, 0.05) is 11.6 Å². The van der Waals surface area contributed by atoms with Crippen molar-refractivity contribution in [1.82, 2.24) is 15.5 Å². The average Bonchev–Trinajstić information content (AvgIpc) is 2.90. The van der Waals surface area contributed by atoms with Gasteiger partial charge in [0.15, 0.2) is 4.34 Å². The first-order valence-corrected chi connectivity index (χ1v) is 7.74. The van der Waals surface area contributed by atoms with Crippen molar-refractivity contribution in [1.29, 1.82) is 0 Å². The fraction of sp³-hybridized carbons (Fsp3) is 0.250. The normalized spacial score (nSPS) is 12.1. The van der Waals surface area contributed by atoms with Gasteiger partial charge in [-0.15, -0.1) is 10.2 Å². The lowest BCUT2D eigenvalue weighted by Gasteiger charge is -2.11. The average molecular weight is 314 g/mol. The molecule has 2 rings (SSSR count). The van der Waals surface area contributed by atoms with Crippen LogP contribution in [0.4, 0.5) is 0 Å². The maximum absolute atomic E-state index is 11.9. The number of aromatic nitrogens is 2. The summed E-state index contributed by atoms with van der Waals surface area (Å²) in [5, 5.41) is 11.0. The summed E-state index contributed by atoms with van der Waals surface area (Å²) in [5.41, 5.74) is 2.56. The van der Waals surface area contributed by atoms with Gasteiger partial charge in [-0.05, 0) is 18.6 Å². The van der Waals surface area contributed by atoms with Gasteiger partial charge in [0.1, 0.15) is 5.51 Å². The quantitative estimate of drug-likeness (QED) is 0.862. The molecule has 0 fully saturated rings. The number of thioether (sulfide) groups is 1. The van der Waals surface area contributed by atoms with Crippen LogP contribution in [0.3, 0.4) is 0 Å². The summed E-state index contributed by atoms with van der Waals surface area (Å²) < 4.78 is 0.792. The third-order valence-electron chi connectivity index (χ3n) is 2.40. The number of nitrogens with one attached hydrogen (secondary N) is 1. The van der Waals surface area contributed by atoms with Crippen LogP contribution in [-0.4, -0.2) is 21.4 Å². The molecule has 19 heavy (non-hydrogen) atoms. The van der Waals surface area contributed by atoms with Crippen molar-refractivity contribution in [3.63, 3.8) is 0 Å². The molecule has 0 aliphatic heterocycles. The number of benzene rings is 1. The van der Waals surface area contributed by atoms with Gasteiger partial charge in [0.2, 0.25) is 5.91 Å². The van der Waals surface area contributed by atoms with E-state index in [1.165, 1.54) is 23.1 Å². The molecule has 7 heteroatoms. The standard InChI is InChI=1S/C12H12ClN3OS2/c1-8(19-12-16-15-7-18-12)11(17)14-6-9-4-2-3-5-10(9)13/h2-5,7-8H,6H2,1H3,(H,14,17)/t8-/m1/s1. The molecule has 0 aliphatic carbocycles. The fourth-order valence-corrected chi connectivity index (χ4v) is 3.24. The zero-order chi connectivity index (χ0) is 13.7. The van der Waals surface area contributed by atoms with Crippen LogP contribution in [0.25, 0.3) is 0 Å². The van der Waals surface area contributed by atoms with E-state index in [0.717, 1.165) is 9.90 Å². The third-order valence-corrected chi connectivity index (χ3v) is 4.68. The molecule has 0 aliphatic rings. The van der Waals surface area contributed by atoms with E-state index < -0.39 is 0 Å². The van der Waals surface area contributed by atoms with Crippen LogP contribution >= 0.6 is 34.7 Å². The molecule has 0 spiro atoms. The van der Waals surface area contributed by atoms with E-state index >= 15 is 0 Å². The smallest absolute Gasteiger partial charge is 0.233 e.